The van der Waals surface area contributed by atoms with E-state index < -0.39 is 24.0 Å². The van der Waals surface area contributed by atoms with Crippen LogP contribution in [0.25, 0.3) is 0 Å². The van der Waals surface area contributed by atoms with Crippen LogP contribution in [0.5, 0.6) is 11.5 Å². The van der Waals surface area contributed by atoms with Gasteiger partial charge in [-0.1, -0.05) is 6.07 Å². The van der Waals surface area contributed by atoms with Gasteiger partial charge in [-0.2, -0.15) is 13.2 Å². The molecule has 2 heterocycles. The smallest absolute Gasteiger partial charge is 0.424 e. The Bertz CT molecular complexity index is 900. The number of benzene rings is 1. The highest BCUT2D eigenvalue weighted by molar-refractivity contribution is 5.79. The van der Waals surface area contributed by atoms with Gasteiger partial charge in [-0.15, -0.1) is 0 Å². The second-order valence-corrected chi connectivity index (χ2v) is 6.78. The molecule has 0 radical (unpaired) electrons. The number of aliphatic imine (C=N–C) groups is 1. The van der Waals surface area contributed by atoms with Crippen molar-refractivity contribution < 1.29 is 27.8 Å². The summed E-state index contributed by atoms with van der Waals surface area (Å²) in [5.41, 5.74) is -2.22. The summed E-state index contributed by atoms with van der Waals surface area (Å²) in [4.78, 5) is 8.08. The highest BCUT2D eigenvalue weighted by Crippen LogP contribution is 2.40. The van der Waals surface area contributed by atoms with Crippen LogP contribution >= 0.6 is 0 Å². The first-order valence-corrected chi connectivity index (χ1v) is 9.42. The van der Waals surface area contributed by atoms with Gasteiger partial charge >= 0.3 is 6.18 Å². The maximum atomic E-state index is 13.6. The second kappa shape index (κ2) is 8.82. The van der Waals surface area contributed by atoms with E-state index in [-0.39, 0.29) is 19.9 Å². The molecule has 0 saturated carbocycles. The number of aryl methyl sites for hydroxylation is 1. The summed E-state index contributed by atoms with van der Waals surface area (Å²) in [7, 11) is 1.41. The first-order chi connectivity index (χ1) is 14.2. The quantitative estimate of drug-likeness (QED) is 0.463. The molecule has 0 fully saturated rings. The lowest BCUT2D eigenvalue weighted by Gasteiger charge is -2.30. The van der Waals surface area contributed by atoms with Crippen molar-refractivity contribution in [3.05, 3.63) is 42.0 Å². The maximum absolute atomic E-state index is 13.6. The summed E-state index contributed by atoms with van der Waals surface area (Å²) in [6, 6.07) is 5.42. The van der Waals surface area contributed by atoms with Crippen LogP contribution in [0.2, 0.25) is 0 Å². The third-order valence-electron chi connectivity index (χ3n) is 4.64. The molecule has 0 aliphatic carbocycles. The molecule has 3 N–H and O–H groups in total. The number of nitrogens with one attached hydrogen (secondary N) is 2. The van der Waals surface area contributed by atoms with Crippen molar-refractivity contribution in [1.29, 1.82) is 0 Å². The molecule has 11 heteroatoms. The Balaban J connectivity index is 1.66. The molecule has 1 aliphatic heterocycles. The van der Waals surface area contributed by atoms with Crippen LogP contribution in [-0.2, 0) is 19.2 Å². The predicted molar refractivity (Wildman–Crippen MR) is 103 cm³/mol. The average molecular weight is 427 g/mol. The Labute approximate surface area is 171 Å². The molecular formula is C19H24F3N5O3. The maximum Gasteiger partial charge on any atom is 0.424 e. The van der Waals surface area contributed by atoms with Gasteiger partial charge in [0.15, 0.2) is 17.5 Å². The number of aliphatic hydroxyl groups is 1. The summed E-state index contributed by atoms with van der Waals surface area (Å²) in [6.07, 6.45) is -2.93. The van der Waals surface area contributed by atoms with Crippen LogP contribution in [0, 0.1) is 0 Å². The zero-order valence-corrected chi connectivity index (χ0v) is 16.7. The van der Waals surface area contributed by atoms with Crippen LogP contribution < -0.4 is 20.1 Å². The minimum Gasteiger partial charge on any atom is -0.454 e. The molecule has 1 atom stereocenters. The molecule has 3 rings (SSSR count). The largest absolute Gasteiger partial charge is 0.454 e. The fraction of sp³-hybridized carbons (Fsp3) is 0.474. The first-order valence-electron chi connectivity index (χ1n) is 9.42. The molecule has 0 spiro atoms. The molecule has 1 aliphatic rings. The van der Waals surface area contributed by atoms with E-state index in [0.29, 0.717) is 24.0 Å². The van der Waals surface area contributed by atoms with Gasteiger partial charge in [0.1, 0.15) is 5.82 Å². The van der Waals surface area contributed by atoms with E-state index in [1.54, 1.807) is 12.1 Å². The molecule has 164 valence electrons. The minimum absolute atomic E-state index is 0.171. The summed E-state index contributed by atoms with van der Waals surface area (Å²) >= 11 is 0. The third-order valence-corrected chi connectivity index (χ3v) is 4.64. The first kappa shape index (κ1) is 21.8. The van der Waals surface area contributed by atoms with E-state index in [4.69, 9.17) is 9.47 Å². The molecule has 0 saturated heterocycles. The number of hydrogen-bond acceptors (Lipinski definition) is 5. The zero-order valence-electron chi connectivity index (χ0n) is 16.7. The van der Waals surface area contributed by atoms with Gasteiger partial charge in [-0.3, -0.25) is 0 Å². The Hall–Kier alpha value is -2.95. The minimum atomic E-state index is -4.88. The van der Waals surface area contributed by atoms with Crippen molar-refractivity contribution in [1.82, 2.24) is 20.2 Å². The second-order valence-electron chi connectivity index (χ2n) is 6.78. The van der Waals surface area contributed by atoms with E-state index in [0.717, 1.165) is 10.1 Å². The lowest BCUT2D eigenvalue weighted by molar-refractivity contribution is -0.272. The third kappa shape index (κ3) is 4.61. The van der Waals surface area contributed by atoms with Crippen LogP contribution in [0.15, 0.2) is 35.6 Å². The SMILES string of the molecule is CCNC(=NCc1ccc2c(c1)OCO2)NCCC(O)(c1nccn1C)C(F)(F)F. The Morgan fingerprint density at radius 2 is 2.03 bits per heavy atom. The van der Waals surface area contributed by atoms with Crippen molar-refractivity contribution in [3.8, 4) is 11.5 Å². The number of rotatable bonds is 7. The van der Waals surface area contributed by atoms with Gasteiger partial charge in [0.05, 0.1) is 6.54 Å². The lowest BCUT2D eigenvalue weighted by atomic mass is 9.97. The molecule has 2 aromatic rings. The molecule has 0 amide bonds. The van der Waals surface area contributed by atoms with Crippen molar-refractivity contribution in [2.75, 3.05) is 19.9 Å². The topological polar surface area (TPSA) is 92.9 Å². The number of fused-ring (bicyclic) bond motifs is 1. The van der Waals surface area contributed by atoms with Crippen LogP contribution in [0.1, 0.15) is 24.7 Å². The van der Waals surface area contributed by atoms with Crippen LogP contribution in [0.4, 0.5) is 13.2 Å². The van der Waals surface area contributed by atoms with E-state index in [1.807, 2.05) is 13.0 Å². The van der Waals surface area contributed by atoms with Gasteiger partial charge in [-0.05, 0) is 24.6 Å². The van der Waals surface area contributed by atoms with Crippen LogP contribution in [0.3, 0.4) is 0 Å². The van der Waals surface area contributed by atoms with Gasteiger partial charge in [-0.25, -0.2) is 9.98 Å². The number of hydrogen-bond donors (Lipinski definition) is 3. The molecule has 8 nitrogen and oxygen atoms in total. The number of ether oxygens (including phenoxy) is 2. The number of guanidine groups is 1. The molecule has 1 aromatic heterocycles. The fourth-order valence-electron chi connectivity index (χ4n) is 3.06. The average Bonchev–Trinajstić information content (AvgIpc) is 3.33. The van der Waals surface area contributed by atoms with Crippen molar-refractivity contribution >= 4 is 5.96 Å². The highest BCUT2D eigenvalue weighted by Gasteiger charge is 2.57. The molecular weight excluding hydrogens is 403 g/mol. The summed E-state index contributed by atoms with van der Waals surface area (Å²) in [5.74, 6) is 1.16. The Morgan fingerprint density at radius 3 is 2.70 bits per heavy atom. The highest BCUT2D eigenvalue weighted by atomic mass is 19.4. The normalized spacial score (nSPS) is 15.7. The molecule has 1 unspecified atom stereocenters. The Morgan fingerprint density at radius 1 is 1.27 bits per heavy atom. The van der Waals surface area contributed by atoms with E-state index in [1.165, 1.54) is 19.4 Å². The van der Waals surface area contributed by atoms with E-state index >= 15 is 0 Å². The number of aromatic nitrogens is 2. The standard InChI is InChI=1S/C19H24F3N5O3/c1-3-23-17(26-11-13-4-5-14-15(10-13)30-12-29-14)25-7-6-18(28,19(20,21)22)16-24-8-9-27(16)2/h4-5,8-10,28H,3,6-7,11-12H2,1-2H3,(H2,23,25,26). The van der Waals surface area contributed by atoms with E-state index in [2.05, 4.69) is 20.6 Å². The van der Waals surface area contributed by atoms with Crippen LogP contribution in [-0.4, -0.2) is 46.7 Å². The number of imidazole rings is 1. The summed E-state index contributed by atoms with van der Waals surface area (Å²) in [5, 5.41) is 16.2. The monoisotopic (exact) mass is 427 g/mol. The van der Waals surface area contributed by atoms with E-state index in [9.17, 15) is 18.3 Å². The number of nitrogens with zero attached hydrogens (tertiary/aromatic N) is 3. The van der Waals surface area contributed by atoms with Crippen molar-refractivity contribution in [3.63, 3.8) is 0 Å². The molecule has 30 heavy (non-hydrogen) atoms. The molecule has 0 bridgehead atoms. The van der Waals surface area contributed by atoms with Crippen molar-refractivity contribution in [2.45, 2.75) is 31.7 Å². The predicted octanol–water partition coefficient (Wildman–Crippen LogP) is 2.04. The van der Waals surface area contributed by atoms with Gasteiger partial charge in [0, 0.05) is 39.0 Å². The zero-order chi connectivity index (χ0) is 21.8. The van der Waals surface area contributed by atoms with Gasteiger partial charge < -0.3 is 29.8 Å². The Kier molecular flexibility index (Phi) is 6.40. The fourth-order valence-corrected chi connectivity index (χ4v) is 3.06. The lowest BCUT2D eigenvalue weighted by Crippen LogP contribution is -2.47. The van der Waals surface area contributed by atoms with Gasteiger partial charge in [0.25, 0.3) is 0 Å². The summed E-state index contributed by atoms with van der Waals surface area (Å²) in [6.45, 7) is 2.66. The van der Waals surface area contributed by atoms with Gasteiger partial charge in [0.2, 0.25) is 12.4 Å². The number of halogens is 3. The van der Waals surface area contributed by atoms with Crippen molar-refractivity contribution in [2.24, 2.45) is 12.0 Å². The molecule has 1 aromatic carbocycles. The number of alkyl halides is 3. The summed E-state index contributed by atoms with van der Waals surface area (Å²) < 4.78 is 52.6.